The van der Waals surface area contributed by atoms with Crippen LogP contribution < -0.4 is 20.3 Å². The van der Waals surface area contributed by atoms with Crippen LogP contribution in [0.3, 0.4) is 0 Å². The highest BCUT2D eigenvalue weighted by Crippen LogP contribution is 2.35. The van der Waals surface area contributed by atoms with Crippen LogP contribution in [-0.2, 0) is 4.79 Å². The van der Waals surface area contributed by atoms with Crippen LogP contribution in [0.2, 0.25) is 0 Å². The molecule has 102 valence electrons. The lowest BCUT2D eigenvalue weighted by Gasteiger charge is -2.37. The highest BCUT2D eigenvalue weighted by Gasteiger charge is 2.30. The molecule has 0 unspecified atom stereocenters. The number of rotatable bonds is 1. The summed E-state index contributed by atoms with van der Waals surface area (Å²) in [6.07, 6.45) is -0.761. The molecule has 1 aromatic rings. The van der Waals surface area contributed by atoms with E-state index in [1.54, 1.807) is 13.1 Å². The second-order valence-corrected chi connectivity index (χ2v) is 4.97. The third kappa shape index (κ3) is 2.02. The number of likely N-dealkylation sites (N-methyl/N-ethyl adjacent to an activating group) is 1. The molecular formula is C13H16FN3O2. The van der Waals surface area contributed by atoms with E-state index in [0.29, 0.717) is 24.5 Å². The SMILES string of the molecule is CN1C(=O)[C@@H](N)COc2ccc(N3CC(F)C3)cc21. The summed E-state index contributed by atoms with van der Waals surface area (Å²) >= 11 is 0. The number of amides is 1. The van der Waals surface area contributed by atoms with E-state index in [9.17, 15) is 9.18 Å². The number of benzene rings is 1. The van der Waals surface area contributed by atoms with Crippen molar-refractivity contribution in [2.75, 3.05) is 36.5 Å². The summed E-state index contributed by atoms with van der Waals surface area (Å²) in [4.78, 5) is 15.4. The Morgan fingerprint density at radius 1 is 1.42 bits per heavy atom. The van der Waals surface area contributed by atoms with Crippen LogP contribution in [0.1, 0.15) is 0 Å². The number of fused-ring (bicyclic) bond motifs is 1. The molecule has 2 heterocycles. The van der Waals surface area contributed by atoms with Gasteiger partial charge in [-0.3, -0.25) is 4.79 Å². The number of anilines is 2. The fourth-order valence-corrected chi connectivity index (χ4v) is 2.34. The quantitative estimate of drug-likeness (QED) is 0.804. The lowest BCUT2D eigenvalue weighted by atomic mass is 10.1. The Labute approximate surface area is 110 Å². The lowest BCUT2D eigenvalue weighted by Crippen LogP contribution is -2.48. The molecule has 1 fully saturated rings. The number of nitrogens with two attached hydrogens (primary N) is 1. The molecule has 1 aromatic carbocycles. The first kappa shape index (κ1) is 12.2. The van der Waals surface area contributed by atoms with Crippen molar-refractivity contribution < 1.29 is 13.9 Å². The standard InChI is InChI=1S/C13H16FN3O2/c1-16-11-4-9(17-5-8(14)6-17)2-3-12(11)19-7-10(15)13(16)18/h2-4,8,10H,5-7,15H2,1H3/t10-/m0/s1. The van der Waals surface area contributed by atoms with Crippen molar-refractivity contribution >= 4 is 17.3 Å². The van der Waals surface area contributed by atoms with E-state index in [0.717, 1.165) is 5.69 Å². The first-order valence-electron chi connectivity index (χ1n) is 6.25. The highest BCUT2D eigenvalue weighted by atomic mass is 19.1. The van der Waals surface area contributed by atoms with Crippen molar-refractivity contribution in [1.82, 2.24) is 0 Å². The summed E-state index contributed by atoms with van der Waals surface area (Å²) in [5, 5.41) is 0. The predicted molar refractivity (Wildman–Crippen MR) is 70.4 cm³/mol. The first-order chi connectivity index (χ1) is 9.06. The number of carbonyl (C=O) groups excluding carboxylic acids is 1. The molecule has 5 nitrogen and oxygen atoms in total. The smallest absolute Gasteiger partial charge is 0.247 e. The molecule has 1 atom stereocenters. The van der Waals surface area contributed by atoms with Gasteiger partial charge in [-0.15, -0.1) is 0 Å². The molecule has 1 saturated heterocycles. The van der Waals surface area contributed by atoms with Gasteiger partial charge in [0.2, 0.25) is 5.91 Å². The monoisotopic (exact) mass is 265 g/mol. The molecule has 1 amide bonds. The maximum Gasteiger partial charge on any atom is 0.247 e. The average Bonchev–Trinajstić information content (AvgIpc) is 2.48. The van der Waals surface area contributed by atoms with E-state index in [4.69, 9.17) is 10.5 Å². The molecule has 2 N–H and O–H groups in total. The van der Waals surface area contributed by atoms with Crippen molar-refractivity contribution in [2.45, 2.75) is 12.2 Å². The van der Waals surface area contributed by atoms with Crippen molar-refractivity contribution in [3.8, 4) is 5.75 Å². The molecule has 0 bridgehead atoms. The second kappa shape index (κ2) is 4.38. The van der Waals surface area contributed by atoms with E-state index in [-0.39, 0.29) is 12.5 Å². The zero-order chi connectivity index (χ0) is 13.6. The van der Waals surface area contributed by atoms with Crippen LogP contribution in [0, 0.1) is 0 Å². The van der Waals surface area contributed by atoms with E-state index in [1.165, 1.54) is 4.90 Å². The summed E-state index contributed by atoms with van der Waals surface area (Å²) < 4.78 is 18.4. The van der Waals surface area contributed by atoms with Gasteiger partial charge in [0.25, 0.3) is 0 Å². The van der Waals surface area contributed by atoms with Gasteiger partial charge in [-0.1, -0.05) is 0 Å². The number of carbonyl (C=O) groups is 1. The molecule has 6 heteroatoms. The van der Waals surface area contributed by atoms with Crippen molar-refractivity contribution in [2.24, 2.45) is 5.73 Å². The number of alkyl halides is 1. The van der Waals surface area contributed by atoms with Gasteiger partial charge < -0.3 is 20.3 Å². The van der Waals surface area contributed by atoms with Gasteiger partial charge >= 0.3 is 0 Å². The van der Waals surface area contributed by atoms with Crippen LogP contribution in [0.4, 0.5) is 15.8 Å². The summed E-state index contributed by atoms with van der Waals surface area (Å²) in [6, 6.07) is 4.87. The Kier molecular flexibility index (Phi) is 2.82. The molecular weight excluding hydrogens is 249 g/mol. The maximum absolute atomic E-state index is 12.9. The van der Waals surface area contributed by atoms with Gasteiger partial charge in [0, 0.05) is 12.7 Å². The molecule has 0 radical (unpaired) electrons. The Morgan fingerprint density at radius 2 is 2.16 bits per heavy atom. The second-order valence-electron chi connectivity index (χ2n) is 4.97. The zero-order valence-corrected chi connectivity index (χ0v) is 10.7. The van der Waals surface area contributed by atoms with E-state index in [2.05, 4.69) is 0 Å². The Morgan fingerprint density at radius 3 is 2.84 bits per heavy atom. The van der Waals surface area contributed by atoms with Gasteiger partial charge in [-0.2, -0.15) is 0 Å². The maximum atomic E-state index is 12.9. The Bertz CT molecular complexity index is 517. The number of ether oxygens (including phenoxy) is 1. The third-order valence-electron chi connectivity index (χ3n) is 3.57. The van der Waals surface area contributed by atoms with Crippen LogP contribution in [0.15, 0.2) is 18.2 Å². The normalized spacial score (nSPS) is 23.5. The average molecular weight is 265 g/mol. The number of nitrogens with zero attached hydrogens (tertiary/aromatic N) is 2. The lowest BCUT2D eigenvalue weighted by molar-refractivity contribution is -0.119. The zero-order valence-electron chi connectivity index (χ0n) is 10.7. The number of halogens is 1. The van der Waals surface area contributed by atoms with Crippen molar-refractivity contribution in [1.29, 1.82) is 0 Å². The minimum atomic E-state index is -0.761. The topological polar surface area (TPSA) is 58.8 Å². The van der Waals surface area contributed by atoms with Gasteiger partial charge in [-0.05, 0) is 18.2 Å². The van der Waals surface area contributed by atoms with E-state index in [1.807, 2.05) is 17.0 Å². The summed E-state index contributed by atoms with van der Waals surface area (Å²) in [5.41, 5.74) is 7.30. The van der Waals surface area contributed by atoms with Crippen LogP contribution >= 0.6 is 0 Å². The molecule has 19 heavy (non-hydrogen) atoms. The first-order valence-corrected chi connectivity index (χ1v) is 6.25. The minimum Gasteiger partial charge on any atom is -0.489 e. The molecule has 0 saturated carbocycles. The fraction of sp³-hybridized carbons (Fsp3) is 0.462. The molecule has 0 aromatic heterocycles. The predicted octanol–water partition coefficient (Wildman–Crippen LogP) is 0.527. The summed E-state index contributed by atoms with van der Waals surface area (Å²) in [5.74, 6) is 0.452. The Hall–Kier alpha value is -1.82. The molecule has 2 aliphatic rings. The van der Waals surface area contributed by atoms with Crippen LogP contribution in [0.25, 0.3) is 0 Å². The summed E-state index contributed by atoms with van der Waals surface area (Å²) in [7, 11) is 1.67. The Balaban J connectivity index is 1.93. The largest absolute Gasteiger partial charge is 0.489 e. The van der Waals surface area contributed by atoms with E-state index >= 15 is 0 Å². The number of hydrogen-bond acceptors (Lipinski definition) is 4. The molecule has 3 rings (SSSR count). The fourth-order valence-electron chi connectivity index (χ4n) is 2.34. The number of hydrogen-bond donors (Lipinski definition) is 1. The highest BCUT2D eigenvalue weighted by molar-refractivity contribution is 5.99. The minimum absolute atomic E-state index is 0.172. The molecule has 2 aliphatic heterocycles. The van der Waals surface area contributed by atoms with Crippen LogP contribution in [0.5, 0.6) is 5.75 Å². The molecule has 0 aliphatic carbocycles. The van der Waals surface area contributed by atoms with Crippen molar-refractivity contribution in [3.63, 3.8) is 0 Å². The molecule has 0 spiro atoms. The summed E-state index contributed by atoms with van der Waals surface area (Å²) in [6.45, 7) is 0.972. The van der Waals surface area contributed by atoms with Crippen LogP contribution in [-0.4, -0.2) is 44.9 Å². The van der Waals surface area contributed by atoms with Gasteiger partial charge in [0.05, 0.1) is 18.8 Å². The van der Waals surface area contributed by atoms with Gasteiger partial charge in [0.15, 0.2) is 0 Å². The third-order valence-corrected chi connectivity index (χ3v) is 3.57. The van der Waals surface area contributed by atoms with Gasteiger partial charge in [-0.25, -0.2) is 4.39 Å². The van der Waals surface area contributed by atoms with E-state index < -0.39 is 12.2 Å². The van der Waals surface area contributed by atoms with Gasteiger partial charge in [0.1, 0.15) is 24.6 Å². The van der Waals surface area contributed by atoms with Crippen molar-refractivity contribution in [3.05, 3.63) is 18.2 Å².